The lowest BCUT2D eigenvalue weighted by Gasteiger charge is -2.27. The molecule has 0 aromatic carbocycles. The summed E-state index contributed by atoms with van der Waals surface area (Å²) >= 11 is 0. The van der Waals surface area contributed by atoms with E-state index in [4.69, 9.17) is 0 Å². The van der Waals surface area contributed by atoms with Crippen LogP contribution in [0.2, 0.25) is 0 Å². The molecule has 3 nitrogen and oxygen atoms in total. The number of nitro groups is 1. The second-order valence-electron chi connectivity index (χ2n) is 3.33. The highest BCUT2D eigenvalue weighted by Crippen LogP contribution is 2.33. The van der Waals surface area contributed by atoms with Crippen molar-refractivity contribution in [3.05, 3.63) is 10.1 Å². The largest absolute Gasteiger partial charge is 0.264 e. The van der Waals surface area contributed by atoms with Crippen molar-refractivity contribution in [1.82, 2.24) is 0 Å². The van der Waals surface area contributed by atoms with Gasteiger partial charge in [-0.2, -0.15) is 0 Å². The Balaban J connectivity index is 2.67. The van der Waals surface area contributed by atoms with Gasteiger partial charge in [0.05, 0.1) is 0 Å². The number of alkyl halides is 1. The summed E-state index contributed by atoms with van der Waals surface area (Å²) in [6.07, 6.45) is 2.28. The van der Waals surface area contributed by atoms with Crippen molar-refractivity contribution in [2.45, 2.75) is 44.3 Å². The van der Waals surface area contributed by atoms with Gasteiger partial charge in [-0.15, -0.1) is 0 Å². The summed E-state index contributed by atoms with van der Waals surface area (Å²) in [5.74, 6) is 0. The van der Waals surface area contributed by atoms with E-state index in [1.165, 1.54) is 6.92 Å². The van der Waals surface area contributed by atoms with Crippen LogP contribution in [0.5, 0.6) is 0 Å². The van der Waals surface area contributed by atoms with E-state index in [-0.39, 0.29) is 0 Å². The Morgan fingerprint density at radius 1 is 1.64 bits per heavy atom. The minimum atomic E-state index is -1.58. The Labute approximate surface area is 64.7 Å². The first-order valence-corrected chi connectivity index (χ1v) is 3.86. The van der Waals surface area contributed by atoms with Gasteiger partial charge in [-0.3, -0.25) is 10.1 Å². The molecule has 0 radical (unpaired) electrons. The van der Waals surface area contributed by atoms with Crippen LogP contribution >= 0.6 is 0 Å². The molecule has 2 unspecified atom stereocenters. The maximum atomic E-state index is 13.3. The summed E-state index contributed by atoms with van der Waals surface area (Å²) in [5, 5.41) is 10.3. The highest BCUT2D eigenvalue weighted by atomic mass is 19.1. The lowest BCUT2D eigenvalue weighted by molar-refractivity contribution is -0.543. The molecule has 0 aliphatic heterocycles. The Bertz CT molecular complexity index is 170. The van der Waals surface area contributed by atoms with Crippen LogP contribution in [0.4, 0.5) is 4.39 Å². The third-order valence-electron chi connectivity index (χ3n) is 2.34. The molecule has 0 saturated heterocycles. The second kappa shape index (κ2) is 2.75. The molecule has 0 spiro atoms. The molecule has 0 amide bonds. The first-order valence-electron chi connectivity index (χ1n) is 3.86. The number of halogens is 1. The molecule has 4 heteroatoms. The van der Waals surface area contributed by atoms with Gasteiger partial charge in [-0.05, 0) is 26.2 Å². The van der Waals surface area contributed by atoms with Gasteiger partial charge >= 0.3 is 0 Å². The average Bonchev–Trinajstić information content (AvgIpc) is 1.85. The van der Waals surface area contributed by atoms with Crippen LogP contribution in [0.25, 0.3) is 0 Å². The molecule has 0 bridgehead atoms. The van der Waals surface area contributed by atoms with Gasteiger partial charge in [-0.1, -0.05) is 0 Å². The maximum Gasteiger partial charge on any atom is 0.246 e. The van der Waals surface area contributed by atoms with Crippen LogP contribution in [0.1, 0.15) is 32.6 Å². The van der Waals surface area contributed by atoms with Crippen molar-refractivity contribution < 1.29 is 9.31 Å². The Morgan fingerprint density at radius 2 is 2.27 bits per heavy atom. The van der Waals surface area contributed by atoms with Gasteiger partial charge in [0.15, 0.2) is 5.67 Å². The molecule has 1 saturated carbocycles. The van der Waals surface area contributed by atoms with Gasteiger partial charge in [0.25, 0.3) is 0 Å². The van der Waals surface area contributed by atoms with E-state index < -0.39 is 16.6 Å². The number of nitrogens with zero attached hydrogens (tertiary/aromatic N) is 1. The normalized spacial score (nSPS) is 38.5. The highest BCUT2D eigenvalue weighted by molar-refractivity contribution is 4.86. The van der Waals surface area contributed by atoms with E-state index in [0.29, 0.717) is 12.8 Å². The Kier molecular flexibility index (Phi) is 2.11. The zero-order chi connectivity index (χ0) is 8.48. The molecule has 64 valence electrons. The summed E-state index contributed by atoms with van der Waals surface area (Å²) < 4.78 is 13.3. The van der Waals surface area contributed by atoms with E-state index in [2.05, 4.69) is 0 Å². The molecule has 0 aromatic heterocycles. The molecule has 0 N–H and O–H groups in total. The Hall–Kier alpha value is -0.670. The maximum absolute atomic E-state index is 13.3. The van der Waals surface area contributed by atoms with Crippen LogP contribution in [0.3, 0.4) is 0 Å². The topological polar surface area (TPSA) is 43.1 Å². The van der Waals surface area contributed by atoms with Crippen LogP contribution in [0, 0.1) is 10.1 Å². The van der Waals surface area contributed by atoms with E-state index in [9.17, 15) is 14.5 Å². The van der Waals surface area contributed by atoms with Crippen LogP contribution < -0.4 is 0 Å². The van der Waals surface area contributed by atoms with E-state index in [1.807, 2.05) is 0 Å². The molecule has 1 aliphatic carbocycles. The number of hydrogen-bond donors (Lipinski definition) is 0. The first-order chi connectivity index (χ1) is 5.04. The molecule has 11 heavy (non-hydrogen) atoms. The first kappa shape index (κ1) is 8.43. The fraction of sp³-hybridized carbons (Fsp3) is 1.00. The van der Waals surface area contributed by atoms with Gasteiger partial charge in [0, 0.05) is 11.3 Å². The predicted octanol–water partition coefficient (Wildman–Crippen LogP) is 1.93. The SMILES string of the molecule is CC1(F)CCCCC1[N+](=O)[O-]. The van der Waals surface area contributed by atoms with Crippen LogP contribution in [0.15, 0.2) is 0 Å². The van der Waals surface area contributed by atoms with Gasteiger partial charge in [0.2, 0.25) is 6.04 Å². The van der Waals surface area contributed by atoms with E-state index in [0.717, 1.165) is 12.8 Å². The van der Waals surface area contributed by atoms with Gasteiger partial charge in [-0.25, -0.2) is 4.39 Å². The minimum absolute atomic E-state index is 0.332. The molecule has 1 fully saturated rings. The quantitative estimate of drug-likeness (QED) is 0.435. The van der Waals surface area contributed by atoms with Crippen molar-refractivity contribution in [2.24, 2.45) is 0 Å². The standard InChI is InChI=1S/C7H12FNO2/c1-7(8)5-3-2-4-6(7)9(10)11/h6H,2-5H2,1H3. The zero-order valence-corrected chi connectivity index (χ0v) is 6.55. The van der Waals surface area contributed by atoms with E-state index >= 15 is 0 Å². The van der Waals surface area contributed by atoms with Gasteiger partial charge in [0.1, 0.15) is 0 Å². The molecule has 2 atom stereocenters. The number of hydrogen-bond acceptors (Lipinski definition) is 2. The molecular formula is C7H12FNO2. The molecule has 0 aromatic rings. The Morgan fingerprint density at radius 3 is 2.64 bits per heavy atom. The summed E-state index contributed by atoms with van der Waals surface area (Å²) in [4.78, 5) is 9.85. The summed E-state index contributed by atoms with van der Waals surface area (Å²) in [6, 6.07) is -0.976. The lowest BCUT2D eigenvalue weighted by Crippen LogP contribution is -2.43. The number of rotatable bonds is 1. The molecule has 1 rings (SSSR count). The third kappa shape index (κ3) is 1.67. The van der Waals surface area contributed by atoms with Crippen molar-refractivity contribution in [1.29, 1.82) is 0 Å². The van der Waals surface area contributed by atoms with Crippen LogP contribution in [-0.4, -0.2) is 16.6 Å². The smallest absolute Gasteiger partial charge is 0.246 e. The third-order valence-corrected chi connectivity index (χ3v) is 2.34. The predicted molar refractivity (Wildman–Crippen MR) is 38.8 cm³/mol. The van der Waals surface area contributed by atoms with Crippen molar-refractivity contribution >= 4 is 0 Å². The minimum Gasteiger partial charge on any atom is -0.264 e. The zero-order valence-electron chi connectivity index (χ0n) is 6.55. The lowest BCUT2D eigenvalue weighted by atomic mass is 9.84. The molecular weight excluding hydrogens is 149 g/mol. The van der Waals surface area contributed by atoms with Crippen molar-refractivity contribution in [2.75, 3.05) is 0 Å². The average molecular weight is 161 g/mol. The fourth-order valence-corrected chi connectivity index (χ4v) is 1.60. The molecule has 1 aliphatic rings. The second-order valence-corrected chi connectivity index (χ2v) is 3.33. The van der Waals surface area contributed by atoms with Gasteiger partial charge < -0.3 is 0 Å². The summed E-state index contributed by atoms with van der Waals surface area (Å²) in [6.45, 7) is 1.33. The van der Waals surface area contributed by atoms with Crippen molar-refractivity contribution in [3.63, 3.8) is 0 Å². The molecule has 0 heterocycles. The fourth-order valence-electron chi connectivity index (χ4n) is 1.60. The van der Waals surface area contributed by atoms with Crippen LogP contribution in [-0.2, 0) is 0 Å². The highest BCUT2D eigenvalue weighted by Gasteiger charge is 2.44. The monoisotopic (exact) mass is 161 g/mol. The summed E-state index contributed by atoms with van der Waals surface area (Å²) in [5.41, 5.74) is -1.58. The van der Waals surface area contributed by atoms with E-state index in [1.54, 1.807) is 0 Å². The summed E-state index contributed by atoms with van der Waals surface area (Å²) in [7, 11) is 0. The van der Waals surface area contributed by atoms with Crippen molar-refractivity contribution in [3.8, 4) is 0 Å².